The molecule has 10 nitrogen and oxygen atoms in total. The van der Waals surface area contributed by atoms with Gasteiger partial charge in [-0.05, 0) is 12.8 Å². The van der Waals surface area contributed by atoms with E-state index in [1.807, 2.05) is 0 Å². The van der Waals surface area contributed by atoms with Gasteiger partial charge in [0.15, 0.2) is 12.4 Å². The standard InChI is InChI=1S/C25H46O10/c1-3-5-7-9-11-13-20(27)32-16-18(34-21(28)14-12-10-8-6-4-2)17-33-25-24(31)23(30)22(29)19(15-26)35-25/h18-19,22-26,29-31H,3-17H2,1-2H3/t18?,19-,22+,23+,24-,25-/m1/s1. The third-order valence-corrected chi connectivity index (χ3v) is 5.99. The first-order valence-electron chi connectivity index (χ1n) is 13.1. The second-order valence-electron chi connectivity index (χ2n) is 9.15. The van der Waals surface area contributed by atoms with Gasteiger partial charge in [-0.3, -0.25) is 9.59 Å². The van der Waals surface area contributed by atoms with Gasteiger partial charge < -0.3 is 39.4 Å². The molecule has 1 aliphatic heterocycles. The zero-order valence-electron chi connectivity index (χ0n) is 21.3. The minimum Gasteiger partial charge on any atom is -0.462 e. The smallest absolute Gasteiger partial charge is 0.306 e. The molecule has 0 aromatic rings. The lowest BCUT2D eigenvalue weighted by Gasteiger charge is -2.39. The molecule has 0 spiro atoms. The molecule has 0 amide bonds. The lowest BCUT2D eigenvalue weighted by molar-refractivity contribution is -0.305. The van der Waals surface area contributed by atoms with Crippen molar-refractivity contribution in [3.63, 3.8) is 0 Å². The predicted molar refractivity (Wildman–Crippen MR) is 127 cm³/mol. The Morgan fingerprint density at radius 2 is 1.34 bits per heavy atom. The fourth-order valence-electron chi connectivity index (χ4n) is 3.77. The van der Waals surface area contributed by atoms with Gasteiger partial charge in [-0.15, -0.1) is 0 Å². The molecule has 1 saturated heterocycles. The van der Waals surface area contributed by atoms with Crippen LogP contribution in [0.2, 0.25) is 0 Å². The van der Waals surface area contributed by atoms with E-state index >= 15 is 0 Å². The van der Waals surface area contributed by atoms with E-state index in [2.05, 4.69) is 13.8 Å². The summed E-state index contributed by atoms with van der Waals surface area (Å²) < 4.78 is 21.6. The largest absolute Gasteiger partial charge is 0.462 e. The SMILES string of the molecule is CCCCCCCC(=O)OCC(CO[C@@H]1O[C@H](CO)[C@H](O)[C@H](O)[C@H]1O)OC(=O)CCCCCCC. The summed E-state index contributed by atoms with van der Waals surface area (Å²) in [5.74, 6) is -0.838. The number of aliphatic hydroxyl groups is 4. The van der Waals surface area contributed by atoms with Gasteiger partial charge in [-0.1, -0.05) is 65.2 Å². The molecular formula is C25H46O10. The molecule has 6 atom stereocenters. The highest BCUT2D eigenvalue weighted by Crippen LogP contribution is 2.22. The van der Waals surface area contributed by atoms with Crippen LogP contribution in [0.4, 0.5) is 0 Å². The Labute approximate surface area is 208 Å². The highest BCUT2D eigenvalue weighted by molar-refractivity contribution is 5.70. The summed E-state index contributed by atoms with van der Waals surface area (Å²) in [5, 5.41) is 39.3. The fraction of sp³-hybridized carbons (Fsp3) is 0.920. The molecule has 0 bridgehead atoms. The molecule has 0 radical (unpaired) electrons. The van der Waals surface area contributed by atoms with Crippen molar-refractivity contribution in [2.45, 2.75) is 128 Å². The summed E-state index contributed by atoms with van der Waals surface area (Å²) in [6.45, 7) is 3.16. The first kappa shape index (κ1) is 31.7. The third-order valence-electron chi connectivity index (χ3n) is 5.99. The van der Waals surface area contributed by atoms with Crippen LogP contribution in [0.3, 0.4) is 0 Å². The summed E-state index contributed by atoms with van der Waals surface area (Å²) in [5.41, 5.74) is 0. The summed E-state index contributed by atoms with van der Waals surface area (Å²) in [6.07, 6.45) is 2.26. The third kappa shape index (κ3) is 13.0. The van der Waals surface area contributed by atoms with Crippen LogP contribution in [-0.4, -0.2) is 89.0 Å². The van der Waals surface area contributed by atoms with Crippen molar-refractivity contribution in [3.8, 4) is 0 Å². The maximum Gasteiger partial charge on any atom is 0.306 e. The molecule has 4 N–H and O–H groups in total. The van der Waals surface area contributed by atoms with Crippen LogP contribution in [0.5, 0.6) is 0 Å². The average molecular weight is 507 g/mol. The Hall–Kier alpha value is -1.30. The number of hydrogen-bond acceptors (Lipinski definition) is 10. The number of hydrogen-bond donors (Lipinski definition) is 4. The Bertz CT molecular complexity index is 570. The molecule has 35 heavy (non-hydrogen) atoms. The van der Waals surface area contributed by atoms with Crippen LogP contribution in [0, 0.1) is 0 Å². The van der Waals surface area contributed by atoms with Crippen molar-refractivity contribution in [2.75, 3.05) is 19.8 Å². The second-order valence-corrected chi connectivity index (χ2v) is 9.15. The van der Waals surface area contributed by atoms with Crippen molar-refractivity contribution < 1.29 is 49.0 Å². The molecule has 1 fully saturated rings. The predicted octanol–water partition coefficient (Wildman–Crippen LogP) is 1.98. The normalized spacial score (nSPS) is 25.3. The van der Waals surface area contributed by atoms with Crippen molar-refractivity contribution in [2.24, 2.45) is 0 Å². The van der Waals surface area contributed by atoms with Crippen LogP contribution in [0.1, 0.15) is 90.9 Å². The molecule has 0 aromatic carbocycles. The lowest BCUT2D eigenvalue weighted by atomic mass is 9.99. The van der Waals surface area contributed by atoms with Gasteiger partial charge in [0, 0.05) is 12.8 Å². The van der Waals surface area contributed by atoms with Crippen LogP contribution in [0.15, 0.2) is 0 Å². The Balaban J connectivity index is 2.58. The van der Waals surface area contributed by atoms with E-state index in [-0.39, 0.29) is 26.1 Å². The number of aliphatic hydroxyl groups excluding tert-OH is 4. The number of esters is 2. The van der Waals surface area contributed by atoms with Gasteiger partial charge >= 0.3 is 11.9 Å². The Morgan fingerprint density at radius 3 is 1.91 bits per heavy atom. The van der Waals surface area contributed by atoms with E-state index in [1.54, 1.807) is 0 Å². The summed E-state index contributed by atoms with van der Waals surface area (Å²) in [6, 6.07) is 0. The first-order chi connectivity index (χ1) is 16.8. The average Bonchev–Trinajstić information content (AvgIpc) is 2.85. The van der Waals surface area contributed by atoms with E-state index in [4.69, 9.17) is 18.9 Å². The van der Waals surface area contributed by atoms with E-state index in [9.17, 15) is 30.0 Å². The van der Waals surface area contributed by atoms with Gasteiger partial charge in [0.25, 0.3) is 0 Å². The van der Waals surface area contributed by atoms with Gasteiger partial charge in [0.05, 0.1) is 13.2 Å². The van der Waals surface area contributed by atoms with Crippen molar-refractivity contribution >= 4 is 11.9 Å². The fourth-order valence-corrected chi connectivity index (χ4v) is 3.77. The van der Waals surface area contributed by atoms with Gasteiger partial charge in [0.2, 0.25) is 0 Å². The molecule has 0 aromatic heterocycles. The monoisotopic (exact) mass is 506 g/mol. The number of carbonyl (C=O) groups is 2. The highest BCUT2D eigenvalue weighted by Gasteiger charge is 2.44. The van der Waals surface area contributed by atoms with Gasteiger partial charge in [-0.2, -0.15) is 0 Å². The minimum atomic E-state index is -1.58. The zero-order valence-corrected chi connectivity index (χ0v) is 21.3. The molecule has 206 valence electrons. The Morgan fingerprint density at radius 1 is 0.771 bits per heavy atom. The minimum absolute atomic E-state index is 0.215. The van der Waals surface area contributed by atoms with Crippen LogP contribution >= 0.6 is 0 Å². The number of rotatable bonds is 19. The molecule has 1 heterocycles. The van der Waals surface area contributed by atoms with Crippen molar-refractivity contribution in [1.29, 1.82) is 0 Å². The first-order valence-corrected chi connectivity index (χ1v) is 13.1. The maximum atomic E-state index is 12.3. The molecule has 0 saturated carbocycles. The Kier molecular flexibility index (Phi) is 17.1. The van der Waals surface area contributed by atoms with E-state index in [0.29, 0.717) is 6.42 Å². The van der Waals surface area contributed by atoms with Crippen LogP contribution in [-0.2, 0) is 28.5 Å². The number of carbonyl (C=O) groups excluding carboxylic acids is 2. The maximum absolute atomic E-state index is 12.3. The molecule has 1 rings (SSSR count). The van der Waals surface area contributed by atoms with Gasteiger partial charge in [-0.25, -0.2) is 0 Å². The molecule has 0 aliphatic carbocycles. The van der Waals surface area contributed by atoms with Crippen molar-refractivity contribution in [3.05, 3.63) is 0 Å². The number of unbranched alkanes of at least 4 members (excludes halogenated alkanes) is 8. The molecule has 10 heteroatoms. The summed E-state index contributed by atoms with van der Waals surface area (Å²) in [4.78, 5) is 24.4. The van der Waals surface area contributed by atoms with Crippen molar-refractivity contribution in [1.82, 2.24) is 0 Å². The molecule has 1 unspecified atom stereocenters. The summed E-state index contributed by atoms with van der Waals surface area (Å²) >= 11 is 0. The lowest BCUT2D eigenvalue weighted by Crippen LogP contribution is -2.59. The topological polar surface area (TPSA) is 152 Å². The van der Waals surface area contributed by atoms with E-state index < -0.39 is 55.4 Å². The van der Waals surface area contributed by atoms with E-state index in [1.165, 1.54) is 0 Å². The quantitative estimate of drug-likeness (QED) is 0.151. The second kappa shape index (κ2) is 18.9. The summed E-state index contributed by atoms with van der Waals surface area (Å²) in [7, 11) is 0. The van der Waals surface area contributed by atoms with E-state index in [0.717, 1.165) is 57.8 Å². The van der Waals surface area contributed by atoms with Gasteiger partial charge in [0.1, 0.15) is 31.0 Å². The van der Waals surface area contributed by atoms with Crippen LogP contribution < -0.4 is 0 Å². The molecular weight excluding hydrogens is 460 g/mol. The highest BCUT2D eigenvalue weighted by atomic mass is 16.7. The van der Waals surface area contributed by atoms with Crippen LogP contribution in [0.25, 0.3) is 0 Å². The zero-order chi connectivity index (χ0) is 26.1. The molecule has 1 aliphatic rings. The number of ether oxygens (including phenoxy) is 4.